The molecule has 0 saturated carbocycles. The Morgan fingerprint density at radius 1 is 0.178 bits per heavy atom. The summed E-state index contributed by atoms with van der Waals surface area (Å²) < 4.78 is 2.50. The predicted molar refractivity (Wildman–Crippen MR) is 313 cm³/mol. The molecule has 0 atom stereocenters. The van der Waals surface area contributed by atoms with E-state index < -0.39 is 0 Å². The minimum atomic E-state index is 1.17. The lowest BCUT2D eigenvalue weighted by molar-refractivity contribution is 1.20. The highest BCUT2D eigenvalue weighted by atomic mass is 15.0. The predicted octanol–water partition coefficient (Wildman–Crippen LogP) is 20.0. The number of fused-ring (bicyclic) bond motifs is 11. The molecule has 338 valence electrons. The normalized spacial score (nSPS) is 11.8. The first-order chi connectivity index (χ1) is 36.2. The van der Waals surface area contributed by atoms with Gasteiger partial charge in [0.1, 0.15) is 0 Å². The Kier molecular flexibility index (Phi) is 9.33. The maximum Gasteiger partial charge on any atom is 0.0541 e. The smallest absolute Gasteiger partial charge is 0.0541 e. The minimum absolute atomic E-state index is 1.17. The Morgan fingerprint density at radius 3 is 1.07 bits per heavy atom. The van der Waals surface area contributed by atoms with Crippen molar-refractivity contribution >= 4 is 86.4 Å². The first-order valence-corrected chi connectivity index (χ1v) is 25.3. The maximum absolute atomic E-state index is 2.50. The third-order valence-corrected chi connectivity index (χ3v) is 15.6. The van der Waals surface area contributed by atoms with Crippen molar-refractivity contribution in [1.82, 2.24) is 4.57 Å². The lowest BCUT2D eigenvalue weighted by atomic mass is 9.92. The van der Waals surface area contributed by atoms with Crippen molar-refractivity contribution in [3.8, 4) is 61.3 Å². The molecule has 0 amide bonds. The fraction of sp³-hybridized carbons (Fsp3) is 0. The second kappa shape index (κ2) is 16.5. The Labute approximate surface area is 423 Å². The zero-order chi connectivity index (χ0) is 48.0. The Balaban J connectivity index is 0.889. The molecule has 0 saturated heterocycles. The van der Waals surface area contributed by atoms with Gasteiger partial charge in [-0.25, -0.2) is 0 Å². The van der Waals surface area contributed by atoms with Crippen molar-refractivity contribution in [2.75, 3.05) is 0 Å². The zero-order valence-electron chi connectivity index (χ0n) is 39.9. The van der Waals surface area contributed by atoms with E-state index in [-0.39, 0.29) is 0 Å². The standard InChI is InChI=1S/C72H45N/c1-4-18-55-48(14-1)17-13-27-60(55)64-38-41-70(65-26-12-11-23-61(64)65)73-71-39-36-51(46-28-32-49(33-29-46)66-44-53-15-2-5-19-56(53)58-21-7-9-24-62(58)66)42-68(71)69-43-52(37-40-72(69)73)47-30-34-50(35-31-47)67-45-54-16-3-6-20-57(54)59-22-8-10-25-63(59)67/h1-45H. The summed E-state index contributed by atoms with van der Waals surface area (Å²) in [5, 5.41) is 17.6. The average Bonchev–Trinajstić information content (AvgIpc) is 3.79. The Bertz CT molecular complexity index is 4480. The molecule has 0 N–H and O–H groups in total. The van der Waals surface area contributed by atoms with Gasteiger partial charge in [0.05, 0.1) is 16.7 Å². The van der Waals surface area contributed by atoms with E-state index >= 15 is 0 Å². The van der Waals surface area contributed by atoms with Gasteiger partial charge in [0.2, 0.25) is 0 Å². The van der Waals surface area contributed by atoms with Crippen molar-refractivity contribution in [1.29, 1.82) is 0 Å². The summed E-state index contributed by atoms with van der Waals surface area (Å²) in [6, 6.07) is 101. The molecular weight excluding hydrogens is 879 g/mol. The van der Waals surface area contributed by atoms with Crippen LogP contribution in [0.5, 0.6) is 0 Å². The molecule has 0 spiro atoms. The molecule has 73 heavy (non-hydrogen) atoms. The fourth-order valence-corrected chi connectivity index (χ4v) is 12.1. The molecule has 0 aliphatic heterocycles. The van der Waals surface area contributed by atoms with Crippen LogP contribution in [0.1, 0.15) is 0 Å². The summed E-state index contributed by atoms with van der Waals surface area (Å²) in [5.74, 6) is 0. The first kappa shape index (κ1) is 41.2. The largest absolute Gasteiger partial charge is 0.309 e. The highest BCUT2D eigenvalue weighted by Gasteiger charge is 2.19. The maximum atomic E-state index is 2.50. The van der Waals surface area contributed by atoms with Crippen LogP contribution in [0.15, 0.2) is 273 Å². The van der Waals surface area contributed by atoms with E-state index in [1.54, 1.807) is 0 Å². The van der Waals surface area contributed by atoms with E-state index in [9.17, 15) is 0 Å². The molecule has 0 unspecified atom stereocenters. The van der Waals surface area contributed by atoms with Gasteiger partial charge < -0.3 is 4.57 Å². The number of nitrogens with zero attached hydrogens (tertiary/aromatic N) is 1. The van der Waals surface area contributed by atoms with Gasteiger partial charge in [-0.15, -0.1) is 0 Å². The molecule has 15 aromatic rings. The molecule has 0 aliphatic rings. The topological polar surface area (TPSA) is 4.93 Å². The Hall–Kier alpha value is -9.56. The molecule has 14 aromatic carbocycles. The summed E-state index contributed by atoms with van der Waals surface area (Å²) in [4.78, 5) is 0. The van der Waals surface area contributed by atoms with Gasteiger partial charge in [-0.2, -0.15) is 0 Å². The van der Waals surface area contributed by atoms with Crippen LogP contribution in [0.4, 0.5) is 0 Å². The molecule has 1 heteroatoms. The summed E-state index contributed by atoms with van der Waals surface area (Å²) in [5.41, 5.74) is 15.7. The Morgan fingerprint density at radius 2 is 0.548 bits per heavy atom. The summed E-state index contributed by atoms with van der Waals surface area (Å²) >= 11 is 0. The van der Waals surface area contributed by atoms with Crippen molar-refractivity contribution in [2.45, 2.75) is 0 Å². The van der Waals surface area contributed by atoms with Crippen molar-refractivity contribution in [2.24, 2.45) is 0 Å². The fourth-order valence-electron chi connectivity index (χ4n) is 12.1. The third-order valence-electron chi connectivity index (χ3n) is 15.6. The number of hydrogen-bond donors (Lipinski definition) is 0. The molecule has 1 nitrogen and oxygen atoms in total. The molecule has 0 aliphatic carbocycles. The van der Waals surface area contributed by atoms with E-state index in [2.05, 4.69) is 278 Å². The van der Waals surface area contributed by atoms with Crippen LogP contribution in [0, 0.1) is 0 Å². The molecular formula is C72H45N. The van der Waals surface area contributed by atoms with Gasteiger partial charge in [0, 0.05) is 16.2 Å². The summed E-state index contributed by atoms with van der Waals surface area (Å²) in [7, 11) is 0. The van der Waals surface area contributed by atoms with Crippen molar-refractivity contribution in [3.63, 3.8) is 0 Å². The van der Waals surface area contributed by atoms with E-state index in [1.807, 2.05) is 0 Å². The molecule has 15 rings (SSSR count). The van der Waals surface area contributed by atoms with Crippen LogP contribution < -0.4 is 0 Å². The SMILES string of the molecule is c1ccc2c(-c3ccc(-n4c5ccc(-c6ccc(-c7cc8ccccc8c8ccccc78)cc6)cc5c5cc(-c6ccc(-c7cc8ccccc8c8ccccc78)cc6)ccc54)c4ccccc34)cccc2c1. The van der Waals surface area contributed by atoms with Crippen LogP contribution >= 0.6 is 0 Å². The van der Waals surface area contributed by atoms with E-state index in [0.717, 1.165) is 0 Å². The van der Waals surface area contributed by atoms with Crippen LogP contribution in [0.25, 0.3) is 148 Å². The monoisotopic (exact) mass is 923 g/mol. The third kappa shape index (κ3) is 6.63. The average molecular weight is 924 g/mol. The van der Waals surface area contributed by atoms with Gasteiger partial charge in [-0.3, -0.25) is 0 Å². The number of rotatable bonds is 6. The first-order valence-electron chi connectivity index (χ1n) is 25.3. The van der Waals surface area contributed by atoms with Crippen LogP contribution in [-0.2, 0) is 0 Å². The second-order valence-corrected chi connectivity index (χ2v) is 19.5. The summed E-state index contributed by atoms with van der Waals surface area (Å²) in [6.45, 7) is 0. The van der Waals surface area contributed by atoms with Crippen LogP contribution in [-0.4, -0.2) is 4.57 Å². The number of benzene rings is 14. The van der Waals surface area contributed by atoms with Gasteiger partial charge in [-0.1, -0.05) is 231 Å². The minimum Gasteiger partial charge on any atom is -0.309 e. The highest BCUT2D eigenvalue weighted by Crippen LogP contribution is 2.43. The molecule has 1 heterocycles. The van der Waals surface area contributed by atoms with E-state index in [0.29, 0.717) is 0 Å². The quantitative estimate of drug-likeness (QED) is 0.146. The van der Waals surface area contributed by atoms with Gasteiger partial charge in [-0.05, 0) is 157 Å². The molecule has 1 aromatic heterocycles. The molecule has 0 bridgehead atoms. The van der Waals surface area contributed by atoms with E-state index in [4.69, 9.17) is 0 Å². The zero-order valence-corrected chi connectivity index (χ0v) is 39.9. The van der Waals surface area contributed by atoms with Crippen LogP contribution in [0.3, 0.4) is 0 Å². The number of aromatic nitrogens is 1. The van der Waals surface area contributed by atoms with Gasteiger partial charge in [0.25, 0.3) is 0 Å². The van der Waals surface area contributed by atoms with E-state index in [1.165, 1.54) is 148 Å². The lowest BCUT2D eigenvalue weighted by Crippen LogP contribution is -1.96. The molecule has 0 radical (unpaired) electrons. The second-order valence-electron chi connectivity index (χ2n) is 19.5. The lowest BCUT2D eigenvalue weighted by Gasteiger charge is -2.16. The van der Waals surface area contributed by atoms with Crippen molar-refractivity contribution in [3.05, 3.63) is 273 Å². The number of hydrogen-bond acceptors (Lipinski definition) is 0. The van der Waals surface area contributed by atoms with Crippen molar-refractivity contribution < 1.29 is 0 Å². The highest BCUT2D eigenvalue weighted by molar-refractivity contribution is 6.17. The summed E-state index contributed by atoms with van der Waals surface area (Å²) in [6.07, 6.45) is 0. The van der Waals surface area contributed by atoms with Crippen LogP contribution in [0.2, 0.25) is 0 Å². The molecule has 0 fully saturated rings. The van der Waals surface area contributed by atoms with Gasteiger partial charge in [0.15, 0.2) is 0 Å². The van der Waals surface area contributed by atoms with Gasteiger partial charge >= 0.3 is 0 Å².